The largest absolute Gasteiger partial charge is 0.465 e. The first-order valence-corrected chi connectivity index (χ1v) is 9.38. The van der Waals surface area contributed by atoms with Gasteiger partial charge in [-0.2, -0.15) is 0 Å². The highest BCUT2D eigenvalue weighted by Crippen LogP contribution is 2.26. The molecule has 2 aromatic heterocycles. The summed E-state index contributed by atoms with van der Waals surface area (Å²) in [6.45, 7) is 3.15. The summed E-state index contributed by atoms with van der Waals surface area (Å²) in [5.74, 6) is 0.723. The van der Waals surface area contributed by atoms with Gasteiger partial charge >= 0.3 is 0 Å². The van der Waals surface area contributed by atoms with Gasteiger partial charge in [0.2, 0.25) is 10.0 Å². The second-order valence-electron chi connectivity index (χ2n) is 4.53. The van der Waals surface area contributed by atoms with E-state index in [1.54, 1.807) is 25.2 Å². The van der Waals surface area contributed by atoms with E-state index in [1.165, 1.54) is 0 Å². The summed E-state index contributed by atoms with van der Waals surface area (Å²) in [7, 11) is -3.69. The maximum absolute atomic E-state index is 12.4. The summed E-state index contributed by atoms with van der Waals surface area (Å²) in [5.41, 5.74) is 0.318. The van der Waals surface area contributed by atoms with Crippen molar-refractivity contribution < 1.29 is 17.9 Å². The summed E-state index contributed by atoms with van der Waals surface area (Å²) in [6, 6.07) is 3.89. The van der Waals surface area contributed by atoms with Crippen LogP contribution in [0.1, 0.15) is 22.0 Å². The lowest BCUT2D eigenvalue weighted by molar-refractivity contribution is 0.276. The molecule has 0 fully saturated rings. The van der Waals surface area contributed by atoms with Gasteiger partial charge in [0.05, 0.1) is 10.4 Å². The topological polar surface area (TPSA) is 79.5 Å². The molecule has 0 unspecified atom stereocenters. The van der Waals surface area contributed by atoms with Crippen molar-refractivity contribution in [1.29, 1.82) is 0 Å². The average molecular weight is 394 g/mol. The molecule has 2 heterocycles. The fraction of sp³-hybridized carbons (Fsp3) is 0.385. The van der Waals surface area contributed by atoms with Gasteiger partial charge < -0.3 is 9.52 Å². The third-order valence-electron chi connectivity index (χ3n) is 3.04. The molecule has 8 heteroatoms. The Kier molecular flexibility index (Phi) is 5.26. The second kappa shape index (κ2) is 6.62. The van der Waals surface area contributed by atoms with Crippen LogP contribution in [0.3, 0.4) is 0 Å². The molecule has 0 aliphatic rings. The number of sulfonamides is 1. The fourth-order valence-electron chi connectivity index (χ4n) is 2.11. The molecule has 2 N–H and O–H groups in total. The predicted octanol–water partition coefficient (Wildman–Crippen LogP) is 2.73. The molecule has 0 aliphatic carbocycles. The Hall–Kier alpha value is -0.670. The van der Waals surface area contributed by atoms with Crippen molar-refractivity contribution in [2.24, 2.45) is 0 Å². The number of furan rings is 1. The molecule has 0 atom stereocenters. The average Bonchev–Trinajstić information content (AvgIpc) is 2.92. The number of hydrogen-bond acceptors (Lipinski definition) is 5. The van der Waals surface area contributed by atoms with Crippen LogP contribution in [-0.2, 0) is 23.1 Å². The van der Waals surface area contributed by atoms with Crippen LogP contribution < -0.4 is 4.72 Å². The van der Waals surface area contributed by atoms with E-state index in [-0.39, 0.29) is 11.5 Å². The van der Waals surface area contributed by atoms with Gasteiger partial charge in [-0.3, -0.25) is 0 Å². The molecule has 2 aromatic rings. The Bertz CT molecular complexity index is 733. The van der Waals surface area contributed by atoms with Gasteiger partial charge in [-0.15, -0.1) is 11.3 Å². The minimum Gasteiger partial charge on any atom is -0.465 e. The number of aliphatic hydroxyl groups is 1. The smallest absolute Gasteiger partial charge is 0.244 e. The van der Waals surface area contributed by atoms with Crippen LogP contribution in [0.25, 0.3) is 0 Å². The van der Waals surface area contributed by atoms with E-state index < -0.39 is 10.0 Å². The molecule has 0 saturated carbocycles. The first kappa shape index (κ1) is 16.7. The van der Waals surface area contributed by atoms with Crippen LogP contribution in [0.4, 0.5) is 0 Å². The lowest BCUT2D eigenvalue weighted by atomic mass is 10.2. The van der Waals surface area contributed by atoms with Crippen LogP contribution in [0.15, 0.2) is 25.2 Å². The molecule has 5 nitrogen and oxygen atoms in total. The van der Waals surface area contributed by atoms with E-state index in [9.17, 15) is 13.5 Å². The molecule has 21 heavy (non-hydrogen) atoms. The molecule has 0 amide bonds. The normalized spacial score (nSPS) is 12.0. The third kappa shape index (κ3) is 3.75. The molecule has 0 bridgehead atoms. The maximum atomic E-state index is 12.4. The standard InChI is InChI=1S/C13H16BrNO4S2/c1-8-11(7-16)13(9(2)19-8)21(17,18)15-6-5-10-3-4-12(14)20-10/h3-4,15-16H,5-7H2,1-2H3. The Morgan fingerprint density at radius 2 is 2.05 bits per heavy atom. The number of aliphatic hydroxyl groups excluding tert-OH is 1. The van der Waals surface area contributed by atoms with Crippen LogP contribution in [0.5, 0.6) is 0 Å². The first-order chi connectivity index (χ1) is 9.85. The second-order valence-corrected chi connectivity index (χ2v) is 8.79. The molecule has 0 aromatic carbocycles. The van der Waals surface area contributed by atoms with Crippen LogP contribution in [0, 0.1) is 13.8 Å². The van der Waals surface area contributed by atoms with E-state index >= 15 is 0 Å². The van der Waals surface area contributed by atoms with Gasteiger partial charge in [0.25, 0.3) is 0 Å². The molecule has 116 valence electrons. The number of nitrogens with one attached hydrogen (secondary N) is 1. The number of aryl methyl sites for hydroxylation is 2. The zero-order valence-corrected chi connectivity index (χ0v) is 14.9. The van der Waals surface area contributed by atoms with Crippen molar-refractivity contribution in [3.05, 3.63) is 37.9 Å². The quantitative estimate of drug-likeness (QED) is 0.790. The molecule has 2 rings (SSSR count). The van der Waals surface area contributed by atoms with Gasteiger partial charge in [0.15, 0.2) is 0 Å². The number of halogens is 1. The minimum atomic E-state index is -3.69. The first-order valence-electron chi connectivity index (χ1n) is 6.28. The van der Waals surface area contributed by atoms with Crippen LogP contribution in [-0.4, -0.2) is 20.1 Å². The highest BCUT2D eigenvalue weighted by atomic mass is 79.9. The molecule has 0 aliphatic heterocycles. The van der Waals surface area contributed by atoms with Crippen molar-refractivity contribution in [3.8, 4) is 0 Å². The molecule has 0 spiro atoms. The monoisotopic (exact) mass is 393 g/mol. The predicted molar refractivity (Wildman–Crippen MR) is 85.0 cm³/mol. The van der Waals surface area contributed by atoms with Gasteiger partial charge in [-0.05, 0) is 48.3 Å². The minimum absolute atomic E-state index is 0.0508. The Balaban J connectivity index is 2.12. The maximum Gasteiger partial charge on any atom is 0.244 e. The molecular formula is C13H16BrNO4S2. The van der Waals surface area contributed by atoms with E-state index in [0.717, 1.165) is 8.66 Å². The molecular weight excluding hydrogens is 378 g/mol. The molecule has 0 radical (unpaired) electrons. The summed E-state index contributed by atoms with van der Waals surface area (Å²) >= 11 is 4.94. The van der Waals surface area contributed by atoms with Crippen molar-refractivity contribution in [2.75, 3.05) is 6.54 Å². The third-order valence-corrected chi connectivity index (χ3v) is 6.38. The Morgan fingerprint density at radius 3 is 2.62 bits per heavy atom. The van der Waals surface area contributed by atoms with Crippen LogP contribution >= 0.6 is 27.3 Å². The van der Waals surface area contributed by atoms with Gasteiger partial charge in [-0.25, -0.2) is 13.1 Å². The highest BCUT2D eigenvalue weighted by Gasteiger charge is 2.26. The summed E-state index contributed by atoms with van der Waals surface area (Å²) in [4.78, 5) is 1.14. The van der Waals surface area contributed by atoms with Crippen molar-refractivity contribution in [1.82, 2.24) is 4.72 Å². The van der Waals surface area contributed by atoms with E-state index in [1.807, 2.05) is 12.1 Å². The van der Waals surface area contributed by atoms with E-state index in [4.69, 9.17) is 4.42 Å². The van der Waals surface area contributed by atoms with Gasteiger partial charge in [-0.1, -0.05) is 0 Å². The van der Waals surface area contributed by atoms with E-state index in [2.05, 4.69) is 20.7 Å². The number of rotatable bonds is 6. The lowest BCUT2D eigenvalue weighted by Crippen LogP contribution is -2.27. The van der Waals surface area contributed by atoms with Crippen molar-refractivity contribution >= 4 is 37.3 Å². The lowest BCUT2D eigenvalue weighted by Gasteiger charge is -2.07. The Labute approximate surface area is 136 Å². The van der Waals surface area contributed by atoms with E-state index in [0.29, 0.717) is 30.0 Å². The highest BCUT2D eigenvalue weighted by molar-refractivity contribution is 9.11. The summed E-state index contributed by atoms with van der Waals surface area (Å²) < 4.78 is 33.6. The zero-order chi connectivity index (χ0) is 15.6. The fourth-order valence-corrected chi connectivity index (χ4v) is 5.06. The molecule has 0 saturated heterocycles. The number of thiophene rings is 1. The van der Waals surface area contributed by atoms with Crippen LogP contribution in [0.2, 0.25) is 0 Å². The zero-order valence-electron chi connectivity index (χ0n) is 11.6. The van der Waals surface area contributed by atoms with Crippen molar-refractivity contribution in [2.45, 2.75) is 31.8 Å². The SMILES string of the molecule is Cc1oc(C)c(S(=O)(=O)NCCc2ccc(Br)s2)c1CO. The summed E-state index contributed by atoms with van der Waals surface area (Å²) in [6.07, 6.45) is 0.611. The summed E-state index contributed by atoms with van der Waals surface area (Å²) in [5, 5.41) is 9.33. The number of hydrogen-bond donors (Lipinski definition) is 2. The van der Waals surface area contributed by atoms with Crippen molar-refractivity contribution in [3.63, 3.8) is 0 Å². The van der Waals surface area contributed by atoms with Gasteiger partial charge in [0, 0.05) is 17.0 Å². The van der Waals surface area contributed by atoms with Gasteiger partial charge in [0.1, 0.15) is 16.4 Å². The Morgan fingerprint density at radius 1 is 1.33 bits per heavy atom.